The van der Waals surface area contributed by atoms with Gasteiger partial charge in [-0.05, 0) is 35.2 Å². The maximum atomic E-state index is 13.1. The number of carbonyl (C=O) groups excluding carboxylic acids is 1. The first kappa shape index (κ1) is 14.7. The number of carbonyl (C=O) groups is 1. The second kappa shape index (κ2) is 5.99. The van der Waals surface area contributed by atoms with Crippen molar-refractivity contribution in [2.45, 2.75) is 18.4 Å². The van der Waals surface area contributed by atoms with Crippen molar-refractivity contribution in [3.05, 3.63) is 70.2 Å². The summed E-state index contributed by atoms with van der Waals surface area (Å²) in [5.74, 6) is 0.265. The van der Waals surface area contributed by atoms with Crippen molar-refractivity contribution in [2.75, 3.05) is 19.6 Å². The predicted molar refractivity (Wildman–Crippen MR) is 91.7 cm³/mol. The van der Waals surface area contributed by atoms with Crippen LogP contribution in [0.15, 0.2) is 48.5 Å². The first-order valence-electron chi connectivity index (χ1n) is 8.08. The van der Waals surface area contributed by atoms with Gasteiger partial charge in [-0.3, -0.25) is 4.79 Å². The molecule has 3 nitrogen and oxygen atoms in total. The molecule has 23 heavy (non-hydrogen) atoms. The Bertz CT molecular complexity index is 746. The van der Waals surface area contributed by atoms with Crippen LogP contribution in [0.5, 0.6) is 0 Å². The molecule has 1 saturated heterocycles. The molecular formula is C19H19ClN2O. The van der Waals surface area contributed by atoms with E-state index in [9.17, 15) is 4.79 Å². The SMILES string of the molecule is O=C(C1Cc2ccccc21)N1CCNCC1c1cccc(Cl)c1. The molecule has 2 aromatic carbocycles. The van der Waals surface area contributed by atoms with Gasteiger partial charge in [-0.15, -0.1) is 0 Å². The van der Waals surface area contributed by atoms with Gasteiger partial charge in [-0.2, -0.15) is 0 Å². The van der Waals surface area contributed by atoms with Crippen LogP contribution in [-0.2, 0) is 11.2 Å². The number of benzene rings is 2. The quantitative estimate of drug-likeness (QED) is 0.919. The Hall–Kier alpha value is -1.84. The van der Waals surface area contributed by atoms with Gasteiger partial charge in [0.2, 0.25) is 5.91 Å². The molecule has 2 aromatic rings. The second-order valence-corrected chi connectivity index (χ2v) is 6.70. The van der Waals surface area contributed by atoms with Gasteiger partial charge in [-0.1, -0.05) is 48.0 Å². The summed E-state index contributed by atoms with van der Waals surface area (Å²) < 4.78 is 0. The van der Waals surface area contributed by atoms with Crippen LogP contribution in [0, 0.1) is 0 Å². The average Bonchev–Trinajstić information content (AvgIpc) is 2.56. The Morgan fingerprint density at radius 2 is 2.04 bits per heavy atom. The van der Waals surface area contributed by atoms with E-state index in [0.717, 1.165) is 36.6 Å². The molecular weight excluding hydrogens is 308 g/mol. The lowest BCUT2D eigenvalue weighted by atomic mass is 9.76. The summed E-state index contributed by atoms with van der Waals surface area (Å²) >= 11 is 6.14. The number of nitrogens with zero attached hydrogens (tertiary/aromatic N) is 1. The van der Waals surface area contributed by atoms with Gasteiger partial charge in [0.25, 0.3) is 0 Å². The third-order valence-corrected chi connectivity index (χ3v) is 5.15. The van der Waals surface area contributed by atoms with E-state index in [1.165, 1.54) is 11.1 Å². The first-order chi connectivity index (χ1) is 11.2. The van der Waals surface area contributed by atoms with Crippen LogP contribution >= 0.6 is 11.6 Å². The molecule has 1 aliphatic carbocycles. The van der Waals surface area contributed by atoms with Crippen LogP contribution in [-0.4, -0.2) is 30.4 Å². The Balaban J connectivity index is 1.60. The summed E-state index contributed by atoms with van der Waals surface area (Å²) in [4.78, 5) is 15.1. The first-order valence-corrected chi connectivity index (χ1v) is 8.46. The van der Waals surface area contributed by atoms with Crippen LogP contribution in [0.2, 0.25) is 5.02 Å². The lowest BCUT2D eigenvalue weighted by Crippen LogP contribution is -2.51. The third kappa shape index (κ3) is 2.64. The van der Waals surface area contributed by atoms with E-state index < -0.39 is 0 Å². The van der Waals surface area contributed by atoms with E-state index in [-0.39, 0.29) is 17.9 Å². The predicted octanol–water partition coefficient (Wildman–Crippen LogP) is 3.15. The molecule has 1 fully saturated rings. The molecule has 1 N–H and O–H groups in total. The largest absolute Gasteiger partial charge is 0.333 e. The normalized spacial score (nSPS) is 23.1. The average molecular weight is 327 g/mol. The van der Waals surface area contributed by atoms with Crippen LogP contribution in [0.4, 0.5) is 0 Å². The zero-order valence-corrected chi connectivity index (χ0v) is 13.6. The molecule has 1 amide bonds. The van der Waals surface area contributed by atoms with Crippen molar-refractivity contribution >= 4 is 17.5 Å². The van der Waals surface area contributed by atoms with E-state index in [1.807, 2.05) is 35.2 Å². The number of nitrogens with one attached hydrogen (secondary N) is 1. The maximum absolute atomic E-state index is 13.1. The number of hydrogen-bond donors (Lipinski definition) is 1. The Kier molecular flexibility index (Phi) is 3.83. The van der Waals surface area contributed by atoms with Gasteiger partial charge in [0.15, 0.2) is 0 Å². The third-order valence-electron chi connectivity index (χ3n) is 4.91. The number of rotatable bonds is 2. The summed E-state index contributed by atoms with van der Waals surface area (Å²) in [6, 6.07) is 16.2. The highest BCUT2D eigenvalue weighted by atomic mass is 35.5. The molecule has 118 valence electrons. The van der Waals surface area contributed by atoms with Crippen LogP contribution in [0.25, 0.3) is 0 Å². The summed E-state index contributed by atoms with van der Waals surface area (Å²) in [5.41, 5.74) is 3.60. The highest BCUT2D eigenvalue weighted by molar-refractivity contribution is 6.30. The molecule has 0 aromatic heterocycles. The summed E-state index contributed by atoms with van der Waals surface area (Å²) in [6.45, 7) is 2.37. The van der Waals surface area contributed by atoms with Crippen molar-refractivity contribution in [3.8, 4) is 0 Å². The van der Waals surface area contributed by atoms with Gasteiger partial charge in [0.05, 0.1) is 12.0 Å². The number of piperazine rings is 1. The van der Waals surface area contributed by atoms with Gasteiger partial charge in [0.1, 0.15) is 0 Å². The Labute approximate surface area is 141 Å². The zero-order valence-electron chi connectivity index (χ0n) is 12.8. The lowest BCUT2D eigenvalue weighted by Gasteiger charge is -2.41. The minimum absolute atomic E-state index is 0.0194. The fourth-order valence-electron chi connectivity index (χ4n) is 3.66. The molecule has 0 spiro atoms. The lowest BCUT2D eigenvalue weighted by molar-refractivity contribution is -0.136. The van der Waals surface area contributed by atoms with E-state index in [1.54, 1.807) is 0 Å². The molecule has 4 heteroatoms. The highest BCUT2D eigenvalue weighted by Crippen LogP contribution is 2.38. The van der Waals surface area contributed by atoms with Gasteiger partial charge < -0.3 is 10.2 Å². The Morgan fingerprint density at radius 1 is 1.17 bits per heavy atom. The van der Waals surface area contributed by atoms with Crippen molar-refractivity contribution in [1.29, 1.82) is 0 Å². The summed E-state index contributed by atoms with van der Waals surface area (Å²) in [5, 5.41) is 4.11. The molecule has 2 aliphatic rings. The molecule has 0 saturated carbocycles. The van der Waals surface area contributed by atoms with Crippen LogP contribution in [0.3, 0.4) is 0 Å². The second-order valence-electron chi connectivity index (χ2n) is 6.26. The standard InChI is InChI=1S/C19H19ClN2O/c20-15-6-3-5-14(10-15)18-12-21-8-9-22(18)19(23)17-11-13-4-1-2-7-16(13)17/h1-7,10,17-18,21H,8-9,11-12H2. The molecule has 2 atom stereocenters. The van der Waals surface area contributed by atoms with Crippen molar-refractivity contribution in [1.82, 2.24) is 10.2 Å². The fourth-order valence-corrected chi connectivity index (χ4v) is 3.86. The maximum Gasteiger partial charge on any atom is 0.231 e. The minimum Gasteiger partial charge on any atom is -0.333 e. The van der Waals surface area contributed by atoms with Crippen LogP contribution in [0.1, 0.15) is 28.7 Å². The summed E-state index contributed by atoms with van der Waals surface area (Å²) in [6.07, 6.45) is 0.862. The smallest absolute Gasteiger partial charge is 0.231 e. The van der Waals surface area contributed by atoms with Gasteiger partial charge in [0, 0.05) is 24.7 Å². The number of halogens is 1. The number of hydrogen-bond acceptors (Lipinski definition) is 2. The monoisotopic (exact) mass is 326 g/mol. The van der Waals surface area contributed by atoms with Crippen molar-refractivity contribution in [2.24, 2.45) is 0 Å². The molecule has 4 rings (SSSR count). The zero-order chi connectivity index (χ0) is 15.8. The van der Waals surface area contributed by atoms with E-state index in [0.29, 0.717) is 0 Å². The molecule has 0 radical (unpaired) electrons. The van der Waals surface area contributed by atoms with Crippen molar-refractivity contribution < 1.29 is 4.79 Å². The van der Waals surface area contributed by atoms with E-state index in [4.69, 9.17) is 11.6 Å². The topological polar surface area (TPSA) is 32.3 Å². The van der Waals surface area contributed by atoms with Crippen LogP contribution < -0.4 is 5.32 Å². The molecule has 1 heterocycles. The molecule has 1 aliphatic heterocycles. The fraction of sp³-hybridized carbons (Fsp3) is 0.316. The molecule has 2 unspecified atom stereocenters. The highest BCUT2D eigenvalue weighted by Gasteiger charge is 2.38. The summed E-state index contributed by atoms with van der Waals surface area (Å²) in [7, 11) is 0. The Morgan fingerprint density at radius 3 is 2.87 bits per heavy atom. The van der Waals surface area contributed by atoms with Crippen molar-refractivity contribution in [3.63, 3.8) is 0 Å². The van der Waals surface area contributed by atoms with E-state index in [2.05, 4.69) is 23.5 Å². The van der Waals surface area contributed by atoms with Gasteiger partial charge in [-0.25, -0.2) is 0 Å². The minimum atomic E-state index is 0.0194. The van der Waals surface area contributed by atoms with Gasteiger partial charge >= 0.3 is 0 Å². The number of fused-ring (bicyclic) bond motifs is 1. The van der Waals surface area contributed by atoms with E-state index >= 15 is 0 Å². The molecule has 0 bridgehead atoms. The number of amides is 1.